The summed E-state index contributed by atoms with van der Waals surface area (Å²) in [6.07, 6.45) is 2.01. The fourth-order valence-electron chi connectivity index (χ4n) is 2.76. The first-order valence-corrected chi connectivity index (χ1v) is 9.04. The number of benzene rings is 1. The first-order valence-electron chi connectivity index (χ1n) is 7.56. The molecule has 4 N–H and O–H groups in total. The summed E-state index contributed by atoms with van der Waals surface area (Å²) < 4.78 is 32.8. The van der Waals surface area contributed by atoms with Gasteiger partial charge in [-0.15, -0.1) is 0 Å². The number of sulfonamides is 1. The largest absolute Gasteiger partial charge is 0.496 e. The average molecular weight is 341 g/mol. The molecule has 7 nitrogen and oxygen atoms in total. The molecule has 0 aromatic heterocycles. The Morgan fingerprint density at radius 3 is 2.78 bits per heavy atom. The van der Waals surface area contributed by atoms with E-state index in [1.807, 2.05) is 6.92 Å². The van der Waals surface area contributed by atoms with Crippen molar-refractivity contribution in [3.8, 4) is 5.75 Å². The van der Waals surface area contributed by atoms with Crippen LogP contribution in [0.3, 0.4) is 0 Å². The highest BCUT2D eigenvalue weighted by atomic mass is 32.2. The van der Waals surface area contributed by atoms with Crippen LogP contribution in [0.25, 0.3) is 0 Å². The molecule has 0 spiro atoms. The standard InChI is InChI=1S/C15H23N3O4S/c1-10(11-4-3-7-17-9-11)18-23(20,21)12-5-6-14(22-2)13(8-12)15(16)19/h5-6,8,10-11,17-18H,3-4,7,9H2,1-2H3,(H2,16,19). The van der Waals surface area contributed by atoms with Crippen LogP contribution in [-0.4, -0.2) is 40.6 Å². The topological polar surface area (TPSA) is 111 Å². The quantitative estimate of drug-likeness (QED) is 0.696. The normalized spacial score (nSPS) is 20.0. The van der Waals surface area contributed by atoms with E-state index in [9.17, 15) is 13.2 Å². The first-order chi connectivity index (χ1) is 10.8. The number of nitrogens with one attached hydrogen (secondary N) is 2. The molecule has 0 saturated carbocycles. The maximum Gasteiger partial charge on any atom is 0.252 e. The van der Waals surface area contributed by atoms with E-state index in [2.05, 4.69) is 10.0 Å². The lowest BCUT2D eigenvalue weighted by Crippen LogP contribution is -2.44. The molecule has 1 fully saturated rings. The Morgan fingerprint density at radius 1 is 1.48 bits per heavy atom. The van der Waals surface area contributed by atoms with E-state index in [4.69, 9.17) is 10.5 Å². The van der Waals surface area contributed by atoms with Crippen molar-refractivity contribution in [3.63, 3.8) is 0 Å². The van der Waals surface area contributed by atoms with E-state index in [1.54, 1.807) is 0 Å². The van der Waals surface area contributed by atoms with Gasteiger partial charge in [0.15, 0.2) is 0 Å². The van der Waals surface area contributed by atoms with Crippen molar-refractivity contribution in [2.75, 3.05) is 20.2 Å². The number of primary amides is 1. The molecule has 1 amide bonds. The van der Waals surface area contributed by atoms with Gasteiger partial charge in [0.2, 0.25) is 10.0 Å². The van der Waals surface area contributed by atoms with Gasteiger partial charge < -0.3 is 15.8 Å². The summed E-state index contributed by atoms with van der Waals surface area (Å²) in [7, 11) is -2.34. The number of amides is 1. The van der Waals surface area contributed by atoms with E-state index < -0.39 is 15.9 Å². The lowest BCUT2D eigenvalue weighted by atomic mass is 9.94. The van der Waals surface area contributed by atoms with Gasteiger partial charge in [-0.2, -0.15) is 0 Å². The number of hydrogen-bond acceptors (Lipinski definition) is 5. The van der Waals surface area contributed by atoms with Crippen LogP contribution in [0.15, 0.2) is 23.1 Å². The highest BCUT2D eigenvalue weighted by molar-refractivity contribution is 7.89. The molecule has 8 heteroatoms. The van der Waals surface area contributed by atoms with Gasteiger partial charge in [-0.25, -0.2) is 13.1 Å². The molecule has 0 aliphatic carbocycles. The van der Waals surface area contributed by atoms with Gasteiger partial charge in [0.25, 0.3) is 5.91 Å². The fourth-order valence-corrected chi connectivity index (χ4v) is 4.10. The summed E-state index contributed by atoms with van der Waals surface area (Å²) in [6.45, 7) is 3.61. The van der Waals surface area contributed by atoms with Gasteiger partial charge >= 0.3 is 0 Å². The van der Waals surface area contributed by atoms with Gasteiger partial charge in [0.05, 0.1) is 17.6 Å². The lowest BCUT2D eigenvalue weighted by Gasteiger charge is -2.28. The van der Waals surface area contributed by atoms with Crippen LogP contribution < -0.4 is 20.5 Å². The van der Waals surface area contributed by atoms with Gasteiger partial charge in [-0.05, 0) is 57.0 Å². The minimum absolute atomic E-state index is 0.00252. The predicted molar refractivity (Wildman–Crippen MR) is 86.9 cm³/mol. The second-order valence-corrected chi connectivity index (χ2v) is 7.46. The third-order valence-corrected chi connectivity index (χ3v) is 5.69. The van der Waals surface area contributed by atoms with Crippen LogP contribution in [0.1, 0.15) is 30.1 Å². The molecular formula is C15H23N3O4S. The first kappa shape index (κ1) is 17.7. The molecule has 1 aromatic rings. The molecular weight excluding hydrogens is 318 g/mol. The minimum Gasteiger partial charge on any atom is -0.496 e. The third-order valence-electron chi connectivity index (χ3n) is 4.13. The van der Waals surface area contributed by atoms with Crippen molar-refractivity contribution in [1.29, 1.82) is 0 Å². The van der Waals surface area contributed by atoms with Crippen molar-refractivity contribution >= 4 is 15.9 Å². The van der Waals surface area contributed by atoms with E-state index in [-0.39, 0.29) is 28.2 Å². The molecule has 0 radical (unpaired) electrons. The number of carbonyl (C=O) groups excluding carboxylic acids is 1. The van der Waals surface area contributed by atoms with Crippen molar-refractivity contribution in [2.24, 2.45) is 11.7 Å². The van der Waals surface area contributed by atoms with Crippen molar-refractivity contribution in [3.05, 3.63) is 23.8 Å². The number of rotatable bonds is 6. The zero-order valence-electron chi connectivity index (χ0n) is 13.3. The van der Waals surface area contributed by atoms with E-state index in [1.165, 1.54) is 25.3 Å². The fraction of sp³-hybridized carbons (Fsp3) is 0.533. The van der Waals surface area contributed by atoms with Crippen molar-refractivity contribution < 1.29 is 17.9 Å². The third kappa shape index (κ3) is 4.21. The molecule has 128 valence electrons. The number of hydrogen-bond donors (Lipinski definition) is 3. The van der Waals surface area contributed by atoms with Crippen LogP contribution in [0.5, 0.6) is 5.75 Å². The molecule has 2 atom stereocenters. The Morgan fingerprint density at radius 2 is 2.22 bits per heavy atom. The Hall–Kier alpha value is -1.64. The summed E-state index contributed by atoms with van der Waals surface area (Å²) in [4.78, 5) is 11.5. The molecule has 2 unspecified atom stereocenters. The van der Waals surface area contributed by atoms with Crippen molar-refractivity contribution in [2.45, 2.75) is 30.7 Å². The summed E-state index contributed by atoms with van der Waals surface area (Å²) in [5.41, 5.74) is 5.32. The maximum absolute atomic E-state index is 12.5. The molecule has 2 rings (SSSR count). The second kappa shape index (κ2) is 7.29. The van der Waals surface area contributed by atoms with Gasteiger partial charge in [-0.1, -0.05) is 0 Å². The number of methoxy groups -OCH3 is 1. The van der Waals surface area contributed by atoms with E-state index in [0.29, 0.717) is 0 Å². The zero-order valence-corrected chi connectivity index (χ0v) is 14.2. The number of ether oxygens (including phenoxy) is 1. The maximum atomic E-state index is 12.5. The number of nitrogens with two attached hydrogens (primary N) is 1. The predicted octanol–water partition coefficient (Wildman–Crippen LogP) is 0.461. The van der Waals surface area contributed by atoms with Gasteiger partial charge in [0, 0.05) is 6.04 Å². The number of piperidine rings is 1. The van der Waals surface area contributed by atoms with Gasteiger partial charge in [0.1, 0.15) is 5.75 Å². The molecule has 0 bridgehead atoms. The van der Waals surface area contributed by atoms with Crippen LogP contribution >= 0.6 is 0 Å². The Labute approximate surface area is 136 Å². The molecule has 1 heterocycles. The molecule has 1 aromatic carbocycles. The molecule has 1 aliphatic rings. The molecule has 23 heavy (non-hydrogen) atoms. The summed E-state index contributed by atoms with van der Waals surface area (Å²) >= 11 is 0. The average Bonchev–Trinajstić information content (AvgIpc) is 2.54. The molecule has 1 aliphatic heterocycles. The van der Waals surface area contributed by atoms with Crippen molar-refractivity contribution in [1.82, 2.24) is 10.0 Å². The number of carbonyl (C=O) groups is 1. The molecule has 1 saturated heterocycles. The van der Waals surface area contributed by atoms with Crippen LogP contribution in [0.4, 0.5) is 0 Å². The summed E-state index contributed by atoms with van der Waals surface area (Å²) in [5, 5.41) is 3.27. The second-order valence-electron chi connectivity index (χ2n) is 5.74. The Balaban J connectivity index is 2.21. The minimum atomic E-state index is -3.73. The van der Waals surface area contributed by atoms with Crippen LogP contribution in [0, 0.1) is 5.92 Å². The Bertz CT molecular complexity index is 669. The highest BCUT2D eigenvalue weighted by Crippen LogP contribution is 2.23. The Kier molecular flexibility index (Phi) is 5.61. The SMILES string of the molecule is COc1ccc(S(=O)(=O)NC(C)C2CCCNC2)cc1C(N)=O. The lowest BCUT2D eigenvalue weighted by molar-refractivity contribution is 0.0997. The monoisotopic (exact) mass is 341 g/mol. The van der Waals surface area contributed by atoms with E-state index in [0.717, 1.165) is 25.9 Å². The zero-order chi connectivity index (χ0) is 17.0. The van der Waals surface area contributed by atoms with E-state index >= 15 is 0 Å². The smallest absolute Gasteiger partial charge is 0.252 e. The summed E-state index contributed by atoms with van der Waals surface area (Å²) in [6, 6.07) is 3.88. The van der Waals surface area contributed by atoms with Crippen LogP contribution in [0.2, 0.25) is 0 Å². The van der Waals surface area contributed by atoms with Gasteiger partial charge in [-0.3, -0.25) is 4.79 Å². The summed E-state index contributed by atoms with van der Waals surface area (Å²) in [5.74, 6) is -0.239. The highest BCUT2D eigenvalue weighted by Gasteiger charge is 2.26. The van der Waals surface area contributed by atoms with Crippen LogP contribution in [-0.2, 0) is 10.0 Å².